The van der Waals surface area contributed by atoms with Gasteiger partial charge in [-0.1, -0.05) is 91.0 Å². The SMILES string of the molecule is NN1[C@@H](c2ccccc2)[C@@H]1c1ccccc1.O=CCCc1ccccc1. The smallest absolute Gasteiger partial charge is 0.120 e. The van der Waals surface area contributed by atoms with Gasteiger partial charge in [0.2, 0.25) is 0 Å². The summed E-state index contributed by atoms with van der Waals surface area (Å²) in [4.78, 5) is 9.98. The summed E-state index contributed by atoms with van der Waals surface area (Å²) >= 11 is 0. The van der Waals surface area contributed by atoms with Crippen LogP contribution in [-0.4, -0.2) is 11.3 Å². The van der Waals surface area contributed by atoms with Crippen molar-refractivity contribution in [1.29, 1.82) is 0 Å². The summed E-state index contributed by atoms with van der Waals surface area (Å²) in [7, 11) is 0. The van der Waals surface area contributed by atoms with Crippen LogP contribution in [0.25, 0.3) is 0 Å². The maximum atomic E-state index is 9.98. The number of aryl methyl sites for hydroxylation is 1. The van der Waals surface area contributed by atoms with Gasteiger partial charge in [-0.05, 0) is 23.1 Å². The zero-order chi connectivity index (χ0) is 18.2. The van der Waals surface area contributed by atoms with Gasteiger partial charge in [0.25, 0.3) is 0 Å². The van der Waals surface area contributed by atoms with Crippen LogP contribution in [0.1, 0.15) is 35.2 Å². The molecule has 0 spiro atoms. The third-order valence-corrected chi connectivity index (χ3v) is 4.53. The molecule has 26 heavy (non-hydrogen) atoms. The first-order valence-electron chi connectivity index (χ1n) is 8.91. The van der Waals surface area contributed by atoms with Crippen molar-refractivity contribution in [2.45, 2.75) is 24.9 Å². The van der Waals surface area contributed by atoms with E-state index in [0.29, 0.717) is 18.5 Å². The van der Waals surface area contributed by atoms with Gasteiger partial charge in [0.15, 0.2) is 0 Å². The fourth-order valence-corrected chi connectivity index (χ4v) is 3.13. The van der Waals surface area contributed by atoms with Gasteiger partial charge in [-0.15, -0.1) is 0 Å². The van der Waals surface area contributed by atoms with E-state index in [1.54, 1.807) is 0 Å². The zero-order valence-corrected chi connectivity index (χ0v) is 14.7. The minimum absolute atomic E-state index is 0.337. The highest BCUT2D eigenvalue weighted by Crippen LogP contribution is 2.51. The van der Waals surface area contributed by atoms with Gasteiger partial charge in [0.1, 0.15) is 6.29 Å². The highest BCUT2D eigenvalue weighted by molar-refractivity contribution is 5.50. The van der Waals surface area contributed by atoms with E-state index in [9.17, 15) is 4.79 Å². The Kier molecular flexibility index (Phi) is 6.31. The lowest BCUT2D eigenvalue weighted by atomic mass is 10.0. The number of carbonyl (C=O) groups excluding carboxylic acids is 1. The lowest BCUT2D eigenvalue weighted by Crippen LogP contribution is -2.07. The summed E-state index contributed by atoms with van der Waals surface area (Å²) in [5, 5.41) is 1.91. The van der Waals surface area contributed by atoms with Gasteiger partial charge in [-0.2, -0.15) is 0 Å². The van der Waals surface area contributed by atoms with Crippen LogP contribution in [0.2, 0.25) is 0 Å². The molecule has 1 fully saturated rings. The fourth-order valence-electron chi connectivity index (χ4n) is 3.13. The van der Waals surface area contributed by atoms with E-state index in [4.69, 9.17) is 5.84 Å². The van der Waals surface area contributed by atoms with Crippen molar-refractivity contribution in [3.05, 3.63) is 108 Å². The molecule has 0 aliphatic carbocycles. The molecule has 2 N–H and O–H groups in total. The summed E-state index contributed by atoms with van der Waals surface area (Å²) in [6.45, 7) is 0. The fraction of sp³-hybridized carbons (Fsp3) is 0.174. The molecule has 0 unspecified atom stereocenters. The maximum Gasteiger partial charge on any atom is 0.120 e. The summed E-state index contributed by atoms with van der Waals surface area (Å²) in [6.07, 6.45) is 2.45. The van der Waals surface area contributed by atoms with E-state index in [1.165, 1.54) is 16.7 Å². The third kappa shape index (κ3) is 4.66. The summed E-state index contributed by atoms with van der Waals surface area (Å²) in [6, 6.07) is 31.5. The van der Waals surface area contributed by atoms with Crippen molar-refractivity contribution in [2.75, 3.05) is 0 Å². The predicted octanol–water partition coefficient (Wildman–Crippen LogP) is 4.48. The molecule has 1 aliphatic heterocycles. The second-order valence-corrected chi connectivity index (χ2v) is 6.35. The van der Waals surface area contributed by atoms with Gasteiger partial charge < -0.3 is 4.79 Å². The molecule has 132 valence electrons. The van der Waals surface area contributed by atoms with Crippen molar-refractivity contribution >= 4 is 6.29 Å². The van der Waals surface area contributed by atoms with Crippen LogP contribution >= 0.6 is 0 Å². The van der Waals surface area contributed by atoms with Crippen molar-refractivity contribution < 1.29 is 4.79 Å². The van der Waals surface area contributed by atoms with Gasteiger partial charge >= 0.3 is 0 Å². The molecule has 0 amide bonds. The van der Waals surface area contributed by atoms with E-state index in [2.05, 4.69) is 48.5 Å². The monoisotopic (exact) mass is 344 g/mol. The third-order valence-electron chi connectivity index (χ3n) is 4.53. The van der Waals surface area contributed by atoms with Gasteiger partial charge in [0.05, 0.1) is 12.1 Å². The van der Waals surface area contributed by atoms with Crippen LogP contribution < -0.4 is 5.84 Å². The Balaban J connectivity index is 0.000000170. The number of nitrogens with zero attached hydrogens (tertiary/aromatic N) is 1. The molecule has 1 saturated heterocycles. The van der Waals surface area contributed by atoms with Crippen LogP contribution in [0.5, 0.6) is 0 Å². The van der Waals surface area contributed by atoms with Gasteiger partial charge in [-0.3, -0.25) is 5.84 Å². The topological polar surface area (TPSA) is 46.1 Å². The Hall–Kier alpha value is -2.75. The molecule has 1 heterocycles. The molecule has 0 radical (unpaired) electrons. The first-order chi connectivity index (χ1) is 12.8. The molecule has 4 rings (SSSR count). The van der Waals surface area contributed by atoms with Crippen LogP contribution in [0.15, 0.2) is 91.0 Å². The normalized spacial score (nSPS) is 20.6. The minimum atomic E-state index is 0.337. The van der Waals surface area contributed by atoms with E-state index >= 15 is 0 Å². The van der Waals surface area contributed by atoms with Gasteiger partial charge in [-0.25, -0.2) is 5.01 Å². The average Bonchev–Trinajstić information content (AvgIpc) is 3.40. The second-order valence-electron chi connectivity index (χ2n) is 6.35. The van der Waals surface area contributed by atoms with Crippen molar-refractivity contribution in [3.63, 3.8) is 0 Å². The molecule has 3 aromatic carbocycles. The molecular formula is C23H24N2O. The highest BCUT2D eigenvalue weighted by Gasteiger charge is 2.47. The second kappa shape index (κ2) is 9.09. The molecule has 1 aliphatic rings. The zero-order valence-electron chi connectivity index (χ0n) is 14.7. The molecule has 3 nitrogen and oxygen atoms in total. The first kappa shape index (κ1) is 18.1. The number of rotatable bonds is 5. The van der Waals surface area contributed by atoms with Crippen molar-refractivity contribution in [1.82, 2.24) is 5.01 Å². The van der Waals surface area contributed by atoms with Crippen LogP contribution in [0.4, 0.5) is 0 Å². The first-order valence-corrected chi connectivity index (χ1v) is 8.91. The van der Waals surface area contributed by atoms with Crippen molar-refractivity contribution in [2.24, 2.45) is 5.84 Å². The number of benzene rings is 3. The standard InChI is InChI=1S/C14H14N2.C9H10O/c15-16-13(11-7-3-1-4-8-11)14(16)12-9-5-2-6-10-12;10-8-4-7-9-5-2-1-3-6-9/h1-10,13-14H,15H2;1-3,5-6,8H,4,7H2/t13-,14-;/m0./s1. The Bertz CT molecular complexity index is 745. The number of hydrogen-bond acceptors (Lipinski definition) is 3. The Morgan fingerprint density at radius 1 is 0.731 bits per heavy atom. The highest BCUT2D eigenvalue weighted by atomic mass is 16.1. The van der Waals surface area contributed by atoms with E-state index in [0.717, 1.165) is 12.7 Å². The largest absolute Gasteiger partial charge is 0.303 e. The number of nitrogens with two attached hydrogens (primary N) is 1. The Morgan fingerprint density at radius 3 is 1.58 bits per heavy atom. The molecule has 2 atom stereocenters. The number of hydrogen-bond donors (Lipinski definition) is 1. The Labute approximate surface area is 155 Å². The molecule has 3 heteroatoms. The van der Waals surface area contributed by atoms with Crippen LogP contribution in [0.3, 0.4) is 0 Å². The molecule has 0 bridgehead atoms. The maximum absolute atomic E-state index is 9.98. The minimum Gasteiger partial charge on any atom is -0.303 e. The molecule has 3 aromatic rings. The number of carbonyl (C=O) groups is 1. The van der Waals surface area contributed by atoms with Crippen LogP contribution in [0, 0.1) is 0 Å². The van der Waals surface area contributed by atoms with Gasteiger partial charge in [0, 0.05) is 6.42 Å². The summed E-state index contributed by atoms with van der Waals surface area (Å²) < 4.78 is 0. The predicted molar refractivity (Wildman–Crippen MR) is 105 cm³/mol. The van der Waals surface area contributed by atoms with E-state index < -0.39 is 0 Å². The number of aldehydes is 1. The van der Waals surface area contributed by atoms with E-state index in [1.807, 2.05) is 47.5 Å². The molecule has 0 aromatic heterocycles. The quantitative estimate of drug-likeness (QED) is 0.422. The molecular weight excluding hydrogens is 320 g/mol. The lowest BCUT2D eigenvalue weighted by molar-refractivity contribution is -0.107. The van der Waals surface area contributed by atoms with Crippen LogP contribution in [-0.2, 0) is 11.2 Å². The van der Waals surface area contributed by atoms with Crippen molar-refractivity contribution in [3.8, 4) is 0 Å². The lowest BCUT2D eigenvalue weighted by Gasteiger charge is -1.97. The average molecular weight is 344 g/mol. The van der Waals surface area contributed by atoms with E-state index in [-0.39, 0.29) is 0 Å². The summed E-state index contributed by atoms with van der Waals surface area (Å²) in [5.41, 5.74) is 3.81. The molecule has 0 saturated carbocycles. The summed E-state index contributed by atoms with van der Waals surface area (Å²) in [5.74, 6) is 6.01. The number of hydrazine groups is 1. The Morgan fingerprint density at radius 2 is 1.15 bits per heavy atom.